The van der Waals surface area contributed by atoms with Crippen molar-refractivity contribution in [3.05, 3.63) is 113 Å². The number of hydrogen-bond donors (Lipinski definition) is 5. The first kappa shape index (κ1) is 55.2. The monoisotopic (exact) mass is 1060 g/mol. The molecule has 0 saturated carbocycles. The van der Waals surface area contributed by atoms with Gasteiger partial charge in [-0.1, -0.05) is 62.8 Å². The number of allylic oxidation sites excluding steroid dienone is 8. The number of rotatable bonds is 23. The van der Waals surface area contributed by atoms with Crippen molar-refractivity contribution in [1.29, 1.82) is 0 Å². The molecule has 0 aromatic heterocycles. The van der Waals surface area contributed by atoms with Gasteiger partial charge in [-0.15, -0.1) is 0 Å². The van der Waals surface area contributed by atoms with E-state index in [0.29, 0.717) is 78.3 Å². The van der Waals surface area contributed by atoms with Crippen LogP contribution in [0.5, 0.6) is 0 Å². The molecule has 4 aromatic rings. The molecule has 1 atom stereocenters. The molecule has 5 N–H and O–H groups in total. The molecule has 4 aromatic carbocycles. The van der Waals surface area contributed by atoms with Gasteiger partial charge in [-0.05, 0) is 97.3 Å². The zero-order valence-electron chi connectivity index (χ0n) is 39.9. The molecule has 0 saturated heterocycles. The summed E-state index contributed by atoms with van der Waals surface area (Å²) in [6.07, 6.45) is 14.7. The predicted molar refractivity (Wildman–Crippen MR) is 270 cm³/mol. The fraction of sp³-hybridized carbons (Fsp3) is 0.388. The first-order chi connectivity index (χ1) is 33.1. The molecule has 384 valence electrons. The average molecular weight is 1060 g/mol. The summed E-state index contributed by atoms with van der Waals surface area (Å²) in [5.41, 5.74) is 2.72. The molecule has 71 heavy (non-hydrogen) atoms. The van der Waals surface area contributed by atoms with E-state index in [1.54, 1.807) is 55.7 Å². The third kappa shape index (κ3) is 12.2. The summed E-state index contributed by atoms with van der Waals surface area (Å²) in [5, 5.41) is 10.2. The number of fused-ring (bicyclic) bond motifs is 6. The number of carboxylic acid groups (broad SMARTS) is 1. The van der Waals surface area contributed by atoms with E-state index in [2.05, 4.69) is 0 Å². The van der Waals surface area contributed by atoms with Crippen LogP contribution in [0.3, 0.4) is 0 Å². The number of unbranched alkanes of at least 4 members (excludes halogenated alkanes) is 2. The summed E-state index contributed by atoms with van der Waals surface area (Å²) in [5.74, 6) is -1.44. The minimum absolute atomic E-state index is 0.00857. The quantitative estimate of drug-likeness (QED) is 0.0207. The van der Waals surface area contributed by atoms with Gasteiger partial charge in [0.1, 0.15) is 16.4 Å². The SMILES string of the molecule is COCCc1cc(S(=O)(=O)O)c2ccc3c(c2c1)C(C)(CCCS(=O)(=O)O)C(/C=C/C=C/C=C/C=C1/N(CCCCCC(=O)O)c2ccc4c(S(=O)(=O)O)cc(S(=O)(=O)O)cc4c2C1(C)C)=[N+]3CCOC. The summed E-state index contributed by atoms with van der Waals surface area (Å²) < 4.78 is 153. The Balaban J connectivity index is 1.42. The fourth-order valence-corrected chi connectivity index (χ4v) is 12.5. The van der Waals surface area contributed by atoms with E-state index < -0.39 is 72.8 Å². The van der Waals surface area contributed by atoms with Gasteiger partial charge in [0.05, 0.1) is 22.7 Å². The minimum atomic E-state index is -4.96. The molecule has 0 bridgehead atoms. The van der Waals surface area contributed by atoms with Gasteiger partial charge in [0.15, 0.2) is 12.3 Å². The molecule has 2 aliphatic rings. The molecule has 2 heterocycles. The lowest BCUT2D eigenvalue weighted by molar-refractivity contribution is -0.441. The highest BCUT2D eigenvalue weighted by Crippen LogP contribution is 2.52. The van der Waals surface area contributed by atoms with Crippen molar-refractivity contribution in [3.8, 4) is 0 Å². The molecule has 0 aliphatic carbocycles. The van der Waals surface area contributed by atoms with Gasteiger partial charge >= 0.3 is 5.97 Å². The van der Waals surface area contributed by atoms with Crippen molar-refractivity contribution < 1.29 is 75.8 Å². The number of aliphatic carboxylic acids is 1. The summed E-state index contributed by atoms with van der Waals surface area (Å²) in [6, 6.07) is 11.7. The molecule has 1 unspecified atom stereocenters. The second-order valence-electron chi connectivity index (χ2n) is 18.2. The van der Waals surface area contributed by atoms with E-state index in [0.717, 1.165) is 11.4 Å². The molecule has 0 radical (unpaired) electrons. The zero-order valence-corrected chi connectivity index (χ0v) is 43.2. The number of carboxylic acids is 1. The van der Waals surface area contributed by atoms with Gasteiger partial charge in [0.25, 0.3) is 40.5 Å². The molecule has 18 nitrogen and oxygen atoms in total. The van der Waals surface area contributed by atoms with Crippen LogP contribution in [0.1, 0.15) is 76.0 Å². The summed E-state index contributed by atoms with van der Waals surface area (Å²) in [6.45, 7) is 6.97. The fourth-order valence-electron chi connectivity index (χ4n) is 9.89. The molecule has 0 fully saturated rings. The van der Waals surface area contributed by atoms with Crippen LogP contribution >= 0.6 is 0 Å². The highest BCUT2D eigenvalue weighted by atomic mass is 32.2. The second kappa shape index (κ2) is 21.5. The van der Waals surface area contributed by atoms with Gasteiger partial charge in [-0.3, -0.25) is 23.0 Å². The Labute approximate surface area is 414 Å². The smallest absolute Gasteiger partial charge is 0.303 e. The van der Waals surface area contributed by atoms with Gasteiger partial charge in [0.2, 0.25) is 5.69 Å². The molecule has 22 heteroatoms. The molecule has 6 rings (SSSR count). The Bertz CT molecular complexity index is 3380. The number of ether oxygens (including phenoxy) is 2. The van der Waals surface area contributed by atoms with Crippen molar-refractivity contribution in [2.24, 2.45) is 0 Å². The summed E-state index contributed by atoms with van der Waals surface area (Å²) in [7, 11) is -15.9. The zero-order chi connectivity index (χ0) is 52.3. The summed E-state index contributed by atoms with van der Waals surface area (Å²) >= 11 is 0. The van der Waals surface area contributed by atoms with Crippen LogP contribution in [-0.4, -0.2) is 120 Å². The lowest BCUT2D eigenvalue weighted by Gasteiger charge is -2.27. The number of methoxy groups -OCH3 is 2. The first-order valence-corrected chi connectivity index (χ1v) is 28.5. The maximum atomic E-state index is 12.8. The standard InChI is InChI=1S/C49H58N2O16S4/c1-48(2)43(50(24-13-9-12-17-45(52)53)39-20-18-36-38(46(39)48)31-34(69(57,58)59)32-42(36)71(63,64)65)15-10-7-6-8-11-16-44-49(3,23-14-28-68(54,55)56)47-37-29-33(22-26-66-4)30-41(70(60,61)62)35(37)19-21-40(47)51(44)25-27-67-5/h6-8,10-11,15-16,18-21,29-32H,9,12-14,17,22-28H2,1-5H3,(H4-,52,53,54,55,56,57,58,59,60,61,62,63,64,65)/p+1. The first-order valence-electron chi connectivity index (χ1n) is 22.6. The maximum Gasteiger partial charge on any atom is 0.303 e. The van der Waals surface area contributed by atoms with Crippen LogP contribution in [0, 0.1) is 0 Å². The Kier molecular flexibility index (Phi) is 16.7. The molecule has 2 aliphatic heterocycles. The highest BCUT2D eigenvalue weighted by molar-refractivity contribution is 7.87. The maximum absolute atomic E-state index is 12.8. The predicted octanol–water partition coefficient (Wildman–Crippen LogP) is 7.59. The second-order valence-corrected chi connectivity index (χ2v) is 24.0. The van der Waals surface area contributed by atoms with E-state index in [1.807, 2.05) is 48.5 Å². The van der Waals surface area contributed by atoms with Crippen molar-refractivity contribution >= 4 is 85.1 Å². The van der Waals surface area contributed by atoms with Crippen molar-refractivity contribution in [2.45, 2.75) is 91.2 Å². The van der Waals surface area contributed by atoms with Gasteiger partial charge in [0, 0.05) is 72.5 Å². The number of nitrogens with zero attached hydrogens (tertiary/aromatic N) is 2. The van der Waals surface area contributed by atoms with Crippen molar-refractivity contribution in [3.63, 3.8) is 0 Å². The number of benzene rings is 4. The largest absolute Gasteiger partial charge is 0.481 e. The molecular formula is C49H59N2O16S4+. The Morgan fingerprint density at radius 1 is 0.690 bits per heavy atom. The van der Waals surface area contributed by atoms with Gasteiger partial charge in [-0.25, -0.2) is 0 Å². The lowest BCUT2D eigenvalue weighted by Crippen LogP contribution is -2.32. The average Bonchev–Trinajstić information content (AvgIpc) is 3.63. The van der Waals surface area contributed by atoms with Crippen LogP contribution in [0.25, 0.3) is 21.5 Å². The molecule has 0 amide bonds. The number of hydrogen-bond acceptors (Lipinski definition) is 12. The lowest BCUT2D eigenvalue weighted by atomic mass is 9.74. The third-order valence-electron chi connectivity index (χ3n) is 13.0. The van der Waals surface area contributed by atoms with E-state index in [1.165, 1.54) is 25.3 Å². The minimum Gasteiger partial charge on any atom is -0.481 e. The number of carbonyl (C=O) groups is 1. The Hall–Kier alpha value is -5.14. The molecular weight excluding hydrogens is 1000 g/mol. The Morgan fingerprint density at radius 3 is 1.93 bits per heavy atom. The van der Waals surface area contributed by atoms with Crippen molar-refractivity contribution in [1.82, 2.24) is 0 Å². The summed E-state index contributed by atoms with van der Waals surface area (Å²) in [4.78, 5) is 11.5. The van der Waals surface area contributed by atoms with Crippen LogP contribution in [-0.2, 0) is 72.0 Å². The molecule has 0 spiro atoms. The van der Waals surface area contributed by atoms with Crippen LogP contribution < -0.4 is 4.90 Å². The van der Waals surface area contributed by atoms with E-state index in [4.69, 9.17) is 9.47 Å². The third-order valence-corrected chi connectivity index (χ3v) is 16.4. The Morgan fingerprint density at radius 2 is 1.31 bits per heavy atom. The van der Waals surface area contributed by atoms with Gasteiger partial charge < -0.3 is 19.5 Å². The van der Waals surface area contributed by atoms with E-state index in [-0.39, 0.29) is 53.5 Å². The normalized spacial score (nSPS) is 18.1. The van der Waals surface area contributed by atoms with E-state index >= 15 is 0 Å². The number of anilines is 1. The highest BCUT2D eigenvalue weighted by Gasteiger charge is 2.49. The van der Waals surface area contributed by atoms with Crippen molar-refractivity contribution in [2.75, 3.05) is 51.2 Å². The van der Waals surface area contributed by atoms with Crippen LogP contribution in [0.15, 0.2) is 111 Å². The van der Waals surface area contributed by atoms with E-state index in [9.17, 15) is 61.8 Å². The van der Waals surface area contributed by atoms with Crippen LogP contribution in [0.2, 0.25) is 0 Å². The topological polar surface area (TPSA) is 279 Å². The van der Waals surface area contributed by atoms with Gasteiger partial charge in [-0.2, -0.15) is 38.2 Å². The van der Waals surface area contributed by atoms with Crippen LogP contribution in [0.4, 0.5) is 11.4 Å².